The van der Waals surface area contributed by atoms with Gasteiger partial charge in [-0.05, 0) is 30.5 Å². The van der Waals surface area contributed by atoms with E-state index in [4.69, 9.17) is 0 Å². The molecule has 1 heteroatoms. The van der Waals surface area contributed by atoms with E-state index < -0.39 is 8.80 Å². The van der Waals surface area contributed by atoms with Crippen molar-refractivity contribution in [1.82, 2.24) is 0 Å². The van der Waals surface area contributed by atoms with Gasteiger partial charge in [0.05, 0.1) is 0 Å². The third kappa shape index (κ3) is 3.55. The SMILES string of the molecule is Cc1ccccc1CC[SiH](c1ccccc1)c1ccccc1. The van der Waals surface area contributed by atoms with Crippen LogP contribution in [0.4, 0.5) is 0 Å². The van der Waals surface area contributed by atoms with Gasteiger partial charge in [-0.25, -0.2) is 0 Å². The van der Waals surface area contributed by atoms with Crippen LogP contribution in [0.2, 0.25) is 6.04 Å². The third-order valence-electron chi connectivity index (χ3n) is 4.37. The summed E-state index contributed by atoms with van der Waals surface area (Å²) < 4.78 is 0. The summed E-state index contributed by atoms with van der Waals surface area (Å²) in [6.07, 6.45) is 1.17. The van der Waals surface area contributed by atoms with E-state index in [2.05, 4.69) is 91.9 Å². The average Bonchev–Trinajstić information content (AvgIpc) is 2.59. The predicted molar refractivity (Wildman–Crippen MR) is 99.0 cm³/mol. The standard InChI is InChI=1S/C21H22Si/c1-18-10-8-9-11-19(18)16-17-22(20-12-4-2-5-13-20)21-14-6-3-7-15-21/h2-15,22H,16-17H2,1H3. The second kappa shape index (κ2) is 7.23. The Morgan fingerprint density at radius 2 is 1.14 bits per heavy atom. The number of benzene rings is 3. The molecule has 0 aliphatic rings. The molecule has 0 atom stereocenters. The van der Waals surface area contributed by atoms with Crippen LogP contribution < -0.4 is 10.4 Å². The molecule has 0 radical (unpaired) electrons. The Morgan fingerprint density at radius 3 is 1.68 bits per heavy atom. The quantitative estimate of drug-likeness (QED) is 0.632. The summed E-state index contributed by atoms with van der Waals surface area (Å²) in [4.78, 5) is 0. The predicted octanol–water partition coefficient (Wildman–Crippen LogP) is 3.58. The smallest absolute Gasteiger partial charge is 0.0629 e. The maximum Gasteiger partial charge on any atom is 0.103 e. The van der Waals surface area contributed by atoms with Gasteiger partial charge < -0.3 is 0 Å². The zero-order valence-electron chi connectivity index (χ0n) is 13.1. The van der Waals surface area contributed by atoms with E-state index in [0.29, 0.717) is 0 Å². The van der Waals surface area contributed by atoms with Crippen LogP contribution in [0.5, 0.6) is 0 Å². The first-order chi connectivity index (χ1) is 10.8. The molecule has 3 rings (SSSR count). The summed E-state index contributed by atoms with van der Waals surface area (Å²) in [5.41, 5.74) is 2.91. The molecule has 0 aromatic heterocycles. The Bertz CT molecular complexity index is 665. The topological polar surface area (TPSA) is 0 Å². The van der Waals surface area contributed by atoms with Gasteiger partial charge in [0.25, 0.3) is 0 Å². The van der Waals surface area contributed by atoms with Gasteiger partial charge in [-0.15, -0.1) is 0 Å². The molecule has 3 aromatic rings. The van der Waals surface area contributed by atoms with E-state index in [1.807, 2.05) is 0 Å². The molecule has 0 saturated heterocycles. The summed E-state index contributed by atoms with van der Waals surface area (Å²) in [7, 11) is -1.14. The molecule has 0 N–H and O–H groups in total. The highest BCUT2D eigenvalue weighted by Gasteiger charge is 2.16. The molecule has 0 fully saturated rings. The first-order valence-electron chi connectivity index (χ1n) is 7.99. The zero-order valence-corrected chi connectivity index (χ0v) is 14.2. The molecule has 0 amide bonds. The largest absolute Gasteiger partial charge is 0.103 e. The first kappa shape index (κ1) is 14.8. The Labute approximate surface area is 135 Å². The van der Waals surface area contributed by atoms with Gasteiger partial charge in [0.1, 0.15) is 8.80 Å². The molecule has 3 aromatic carbocycles. The Balaban J connectivity index is 1.85. The van der Waals surface area contributed by atoms with E-state index in [1.165, 1.54) is 23.6 Å². The summed E-state index contributed by atoms with van der Waals surface area (Å²) in [5, 5.41) is 3.09. The summed E-state index contributed by atoms with van der Waals surface area (Å²) in [5.74, 6) is 0. The molecule has 22 heavy (non-hydrogen) atoms. The number of rotatable bonds is 5. The van der Waals surface area contributed by atoms with Gasteiger partial charge in [-0.1, -0.05) is 95.3 Å². The van der Waals surface area contributed by atoms with Gasteiger partial charge in [0.2, 0.25) is 0 Å². The van der Waals surface area contributed by atoms with Crippen molar-refractivity contribution >= 4 is 19.2 Å². The Hall–Kier alpha value is -2.12. The molecular formula is C21H22Si. The summed E-state index contributed by atoms with van der Waals surface area (Å²) in [6, 6.07) is 32.2. The Kier molecular flexibility index (Phi) is 4.87. The zero-order chi connectivity index (χ0) is 15.2. The number of hydrogen-bond donors (Lipinski definition) is 0. The van der Waals surface area contributed by atoms with E-state index in [-0.39, 0.29) is 0 Å². The van der Waals surface area contributed by atoms with E-state index in [1.54, 1.807) is 10.4 Å². The minimum absolute atomic E-state index is 1.14. The van der Waals surface area contributed by atoms with E-state index in [9.17, 15) is 0 Å². The van der Waals surface area contributed by atoms with Crippen molar-refractivity contribution in [2.24, 2.45) is 0 Å². The normalized spacial score (nSPS) is 10.8. The van der Waals surface area contributed by atoms with Gasteiger partial charge in [0, 0.05) is 0 Å². The van der Waals surface area contributed by atoms with Crippen LogP contribution in [0.3, 0.4) is 0 Å². The maximum absolute atomic E-state index is 2.31. The number of aryl methyl sites for hydroxylation is 2. The van der Waals surface area contributed by atoms with Crippen LogP contribution in [-0.4, -0.2) is 8.80 Å². The highest BCUT2D eigenvalue weighted by Crippen LogP contribution is 2.11. The highest BCUT2D eigenvalue weighted by atomic mass is 28.3. The third-order valence-corrected chi connectivity index (χ3v) is 7.61. The van der Waals surface area contributed by atoms with Crippen molar-refractivity contribution in [2.45, 2.75) is 19.4 Å². The molecule has 110 valence electrons. The lowest BCUT2D eigenvalue weighted by molar-refractivity contribution is 1.09. The van der Waals surface area contributed by atoms with Crippen LogP contribution in [0.1, 0.15) is 11.1 Å². The van der Waals surface area contributed by atoms with Gasteiger partial charge in [-0.2, -0.15) is 0 Å². The monoisotopic (exact) mass is 302 g/mol. The first-order valence-corrected chi connectivity index (χ1v) is 9.96. The van der Waals surface area contributed by atoms with Crippen LogP contribution in [0, 0.1) is 6.92 Å². The minimum atomic E-state index is -1.14. The fourth-order valence-corrected chi connectivity index (χ4v) is 6.11. The molecule has 0 nitrogen and oxygen atoms in total. The second-order valence-corrected chi connectivity index (χ2v) is 8.85. The van der Waals surface area contributed by atoms with E-state index >= 15 is 0 Å². The molecule has 0 spiro atoms. The molecule has 0 heterocycles. The molecule has 0 saturated carbocycles. The minimum Gasteiger partial charge on any atom is -0.0629 e. The molecule has 0 unspecified atom stereocenters. The van der Waals surface area contributed by atoms with Gasteiger partial charge in [0.15, 0.2) is 0 Å². The summed E-state index contributed by atoms with van der Waals surface area (Å²) >= 11 is 0. The molecule has 0 bridgehead atoms. The van der Waals surface area contributed by atoms with Crippen LogP contribution in [-0.2, 0) is 6.42 Å². The average molecular weight is 302 g/mol. The van der Waals surface area contributed by atoms with Gasteiger partial charge >= 0.3 is 0 Å². The van der Waals surface area contributed by atoms with Gasteiger partial charge in [-0.3, -0.25) is 0 Å². The van der Waals surface area contributed by atoms with Crippen molar-refractivity contribution in [3.63, 3.8) is 0 Å². The fraction of sp³-hybridized carbons (Fsp3) is 0.143. The van der Waals surface area contributed by atoms with Crippen molar-refractivity contribution in [1.29, 1.82) is 0 Å². The van der Waals surface area contributed by atoms with Crippen molar-refractivity contribution in [3.05, 3.63) is 96.1 Å². The lowest BCUT2D eigenvalue weighted by Crippen LogP contribution is -2.42. The fourth-order valence-electron chi connectivity index (χ4n) is 3.09. The highest BCUT2D eigenvalue weighted by molar-refractivity contribution is 6.85. The van der Waals surface area contributed by atoms with Crippen molar-refractivity contribution in [2.75, 3.05) is 0 Å². The lowest BCUT2D eigenvalue weighted by atomic mass is 10.1. The molecule has 0 aliphatic carbocycles. The number of hydrogen-bond acceptors (Lipinski definition) is 0. The van der Waals surface area contributed by atoms with Crippen LogP contribution in [0.25, 0.3) is 0 Å². The lowest BCUT2D eigenvalue weighted by Gasteiger charge is -2.17. The van der Waals surface area contributed by atoms with Crippen LogP contribution >= 0.6 is 0 Å². The summed E-state index contributed by atoms with van der Waals surface area (Å²) in [6.45, 7) is 2.22. The van der Waals surface area contributed by atoms with E-state index in [0.717, 1.165) is 0 Å². The maximum atomic E-state index is 2.31. The Morgan fingerprint density at radius 1 is 0.636 bits per heavy atom. The molecular weight excluding hydrogens is 280 g/mol. The van der Waals surface area contributed by atoms with Crippen LogP contribution in [0.15, 0.2) is 84.9 Å². The van der Waals surface area contributed by atoms with Crippen molar-refractivity contribution < 1.29 is 0 Å². The molecule has 0 aliphatic heterocycles. The second-order valence-electron chi connectivity index (χ2n) is 5.84. The van der Waals surface area contributed by atoms with Crippen molar-refractivity contribution in [3.8, 4) is 0 Å².